The molecule has 0 aliphatic rings. The van der Waals surface area contributed by atoms with Crippen molar-refractivity contribution in [1.82, 2.24) is 0 Å². The molecule has 0 aromatic heterocycles. The number of unbranched alkanes of at least 4 members (excludes halogenated alkanes) is 8. The summed E-state index contributed by atoms with van der Waals surface area (Å²) in [6.45, 7) is 4.93. The lowest BCUT2D eigenvalue weighted by molar-refractivity contribution is -0.143. The molecule has 0 rings (SSSR count). The monoisotopic (exact) mass is 282 g/mol. The zero-order chi connectivity index (χ0) is 14.9. The number of carbonyl (C=O) groups is 1. The number of ether oxygens (including phenoxy) is 1. The Kier molecular flexibility index (Phi) is 15.6. The van der Waals surface area contributed by atoms with Gasteiger partial charge in [-0.3, -0.25) is 4.79 Å². The van der Waals surface area contributed by atoms with Crippen molar-refractivity contribution >= 4 is 5.97 Å². The Morgan fingerprint density at radius 2 is 1.40 bits per heavy atom. The molecule has 0 aliphatic carbocycles. The summed E-state index contributed by atoms with van der Waals surface area (Å²) in [5, 5.41) is 0. The lowest BCUT2D eigenvalue weighted by atomic mass is 10.1. The zero-order valence-corrected chi connectivity index (χ0v) is 13.7. The summed E-state index contributed by atoms with van der Waals surface area (Å²) in [6.07, 6.45) is 18.3. The SMILES string of the molecule is CCCC/C=C/CCCCCCCC(=O)OCCCC. The van der Waals surface area contributed by atoms with Gasteiger partial charge < -0.3 is 4.74 Å². The zero-order valence-electron chi connectivity index (χ0n) is 13.7. The molecule has 0 aliphatic heterocycles. The van der Waals surface area contributed by atoms with Crippen molar-refractivity contribution in [2.24, 2.45) is 0 Å². The molecular weight excluding hydrogens is 248 g/mol. The number of hydrogen-bond donors (Lipinski definition) is 0. The molecule has 0 saturated heterocycles. The van der Waals surface area contributed by atoms with Gasteiger partial charge in [-0.15, -0.1) is 0 Å². The van der Waals surface area contributed by atoms with E-state index in [0.29, 0.717) is 13.0 Å². The van der Waals surface area contributed by atoms with E-state index in [4.69, 9.17) is 4.74 Å². The van der Waals surface area contributed by atoms with Crippen LogP contribution in [0, 0.1) is 0 Å². The lowest BCUT2D eigenvalue weighted by Crippen LogP contribution is -2.05. The van der Waals surface area contributed by atoms with Gasteiger partial charge in [0.2, 0.25) is 0 Å². The summed E-state index contributed by atoms with van der Waals surface area (Å²) in [6, 6.07) is 0. The normalized spacial score (nSPS) is 11.1. The van der Waals surface area contributed by atoms with Crippen molar-refractivity contribution in [2.45, 2.75) is 90.9 Å². The minimum atomic E-state index is -0.0164. The van der Waals surface area contributed by atoms with Gasteiger partial charge in [0.05, 0.1) is 6.61 Å². The van der Waals surface area contributed by atoms with E-state index in [2.05, 4.69) is 26.0 Å². The Morgan fingerprint density at radius 3 is 2.10 bits per heavy atom. The Hall–Kier alpha value is -0.790. The van der Waals surface area contributed by atoms with Crippen LogP contribution in [0.1, 0.15) is 90.9 Å². The maximum Gasteiger partial charge on any atom is 0.305 e. The van der Waals surface area contributed by atoms with E-state index in [1.807, 2.05) is 0 Å². The lowest BCUT2D eigenvalue weighted by Gasteiger charge is -2.03. The van der Waals surface area contributed by atoms with E-state index < -0.39 is 0 Å². The number of rotatable bonds is 14. The molecular formula is C18H34O2. The van der Waals surface area contributed by atoms with E-state index in [9.17, 15) is 4.79 Å². The van der Waals surface area contributed by atoms with Crippen LogP contribution in [0.3, 0.4) is 0 Å². The fraction of sp³-hybridized carbons (Fsp3) is 0.833. The molecule has 0 spiro atoms. The van der Waals surface area contributed by atoms with Crippen molar-refractivity contribution in [3.63, 3.8) is 0 Å². The Morgan fingerprint density at radius 1 is 0.800 bits per heavy atom. The second-order valence-electron chi connectivity index (χ2n) is 5.49. The van der Waals surface area contributed by atoms with E-state index in [1.54, 1.807) is 0 Å². The van der Waals surface area contributed by atoms with Crippen molar-refractivity contribution in [1.29, 1.82) is 0 Å². The summed E-state index contributed by atoms with van der Waals surface area (Å²) >= 11 is 0. The summed E-state index contributed by atoms with van der Waals surface area (Å²) in [5.74, 6) is -0.0164. The summed E-state index contributed by atoms with van der Waals surface area (Å²) < 4.78 is 5.13. The molecule has 0 amide bonds. The number of esters is 1. The topological polar surface area (TPSA) is 26.3 Å². The largest absolute Gasteiger partial charge is 0.466 e. The van der Waals surface area contributed by atoms with Crippen molar-refractivity contribution < 1.29 is 9.53 Å². The van der Waals surface area contributed by atoms with Gasteiger partial charge in [-0.2, -0.15) is 0 Å². The van der Waals surface area contributed by atoms with Crippen LogP contribution in [0.25, 0.3) is 0 Å². The van der Waals surface area contributed by atoms with Gasteiger partial charge >= 0.3 is 5.97 Å². The minimum absolute atomic E-state index is 0.0164. The molecule has 0 atom stereocenters. The van der Waals surface area contributed by atoms with Crippen LogP contribution in [0.5, 0.6) is 0 Å². The van der Waals surface area contributed by atoms with Crippen LogP contribution >= 0.6 is 0 Å². The van der Waals surface area contributed by atoms with E-state index in [-0.39, 0.29) is 5.97 Å². The molecule has 0 radical (unpaired) electrons. The summed E-state index contributed by atoms with van der Waals surface area (Å²) in [7, 11) is 0. The van der Waals surface area contributed by atoms with Gasteiger partial charge in [0, 0.05) is 6.42 Å². The molecule has 0 saturated carbocycles. The maximum atomic E-state index is 11.3. The van der Waals surface area contributed by atoms with Gasteiger partial charge in [-0.25, -0.2) is 0 Å². The predicted octanol–water partition coefficient (Wildman–Crippen LogP) is 5.81. The first kappa shape index (κ1) is 19.2. The van der Waals surface area contributed by atoms with Crippen molar-refractivity contribution in [3.05, 3.63) is 12.2 Å². The quantitative estimate of drug-likeness (QED) is 0.228. The van der Waals surface area contributed by atoms with Gasteiger partial charge in [0.15, 0.2) is 0 Å². The highest BCUT2D eigenvalue weighted by molar-refractivity contribution is 5.69. The Bertz CT molecular complexity index is 234. The second kappa shape index (κ2) is 16.3. The summed E-state index contributed by atoms with van der Waals surface area (Å²) in [4.78, 5) is 11.3. The van der Waals surface area contributed by atoms with Crippen LogP contribution in [0.15, 0.2) is 12.2 Å². The van der Waals surface area contributed by atoms with Gasteiger partial charge in [0.1, 0.15) is 0 Å². The third-order valence-corrected chi connectivity index (χ3v) is 3.40. The second-order valence-corrected chi connectivity index (χ2v) is 5.49. The average Bonchev–Trinajstić information content (AvgIpc) is 2.45. The molecule has 20 heavy (non-hydrogen) atoms. The number of carbonyl (C=O) groups excluding carboxylic acids is 1. The highest BCUT2D eigenvalue weighted by atomic mass is 16.5. The van der Waals surface area contributed by atoms with Gasteiger partial charge in [-0.1, -0.05) is 64.5 Å². The molecule has 0 fully saturated rings. The molecule has 0 aromatic rings. The highest BCUT2D eigenvalue weighted by Gasteiger charge is 2.01. The first-order valence-electron chi connectivity index (χ1n) is 8.61. The van der Waals surface area contributed by atoms with Crippen LogP contribution in [-0.2, 0) is 9.53 Å². The molecule has 0 unspecified atom stereocenters. The molecule has 2 heteroatoms. The number of hydrogen-bond acceptors (Lipinski definition) is 2. The molecule has 0 heterocycles. The van der Waals surface area contributed by atoms with Crippen molar-refractivity contribution in [3.8, 4) is 0 Å². The maximum absolute atomic E-state index is 11.3. The van der Waals surface area contributed by atoms with E-state index in [1.165, 1.54) is 44.9 Å². The molecule has 0 N–H and O–H groups in total. The first-order valence-corrected chi connectivity index (χ1v) is 8.61. The Labute approximate surface area is 126 Å². The van der Waals surface area contributed by atoms with E-state index in [0.717, 1.165) is 25.7 Å². The molecule has 118 valence electrons. The fourth-order valence-electron chi connectivity index (χ4n) is 2.02. The molecule has 0 bridgehead atoms. The highest BCUT2D eigenvalue weighted by Crippen LogP contribution is 2.09. The standard InChI is InChI=1S/C18H34O2/c1-3-5-7-8-9-10-11-12-13-14-15-16-18(19)20-17-6-4-2/h8-9H,3-7,10-17H2,1-2H3/b9-8+. The van der Waals surface area contributed by atoms with E-state index >= 15 is 0 Å². The van der Waals surface area contributed by atoms with Gasteiger partial charge in [-0.05, 0) is 32.1 Å². The van der Waals surface area contributed by atoms with Crippen LogP contribution in [0.4, 0.5) is 0 Å². The molecule has 0 aromatic carbocycles. The van der Waals surface area contributed by atoms with Crippen molar-refractivity contribution in [2.75, 3.05) is 6.61 Å². The average molecular weight is 282 g/mol. The Balaban J connectivity index is 3.16. The van der Waals surface area contributed by atoms with Gasteiger partial charge in [0.25, 0.3) is 0 Å². The minimum Gasteiger partial charge on any atom is -0.466 e. The van der Waals surface area contributed by atoms with Crippen LogP contribution in [0.2, 0.25) is 0 Å². The number of allylic oxidation sites excluding steroid dienone is 2. The first-order chi connectivity index (χ1) is 9.81. The fourth-order valence-corrected chi connectivity index (χ4v) is 2.02. The smallest absolute Gasteiger partial charge is 0.305 e. The third-order valence-electron chi connectivity index (χ3n) is 3.40. The van der Waals surface area contributed by atoms with Crippen LogP contribution < -0.4 is 0 Å². The van der Waals surface area contributed by atoms with Crippen LogP contribution in [-0.4, -0.2) is 12.6 Å². The predicted molar refractivity (Wildman–Crippen MR) is 86.9 cm³/mol. The summed E-state index contributed by atoms with van der Waals surface area (Å²) in [5.41, 5.74) is 0. The third kappa shape index (κ3) is 15.3. The molecule has 2 nitrogen and oxygen atoms in total.